The Morgan fingerprint density at radius 1 is 1.64 bits per heavy atom. The van der Waals surface area contributed by atoms with E-state index in [9.17, 15) is 9.59 Å². The second kappa shape index (κ2) is 4.59. The highest BCUT2D eigenvalue weighted by Crippen LogP contribution is 1.88. The van der Waals surface area contributed by atoms with Crippen LogP contribution in [-0.4, -0.2) is 26.9 Å². The summed E-state index contributed by atoms with van der Waals surface area (Å²) in [6.45, 7) is 2.36. The molecule has 0 spiro atoms. The topological polar surface area (TPSA) is 66.1 Å². The van der Waals surface area contributed by atoms with E-state index in [0.717, 1.165) is 0 Å². The number of aryl methyl sites for hydroxylation is 2. The zero-order chi connectivity index (χ0) is 10.6. The number of ether oxygens (including phenoxy) is 1. The lowest BCUT2D eigenvalue weighted by Gasteiger charge is -2.00. The predicted molar refractivity (Wildman–Crippen MR) is 48.7 cm³/mol. The van der Waals surface area contributed by atoms with Gasteiger partial charge in [0, 0.05) is 7.05 Å². The Balaban J connectivity index is 2.50. The summed E-state index contributed by atoms with van der Waals surface area (Å²) in [7, 11) is 1.61. The predicted octanol–water partition coefficient (Wildman–Crippen LogP) is -0.465. The standard InChI is InChI=1S/C8H13N3O3/c1-3-14-7(12)4-5-11-8(13)10(2)6-9-11/h6H,3-5H2,1-2H3. The molecule has 0 fully saturated rings. The Labute approximate surface area is 81.1 Å². The lowest BCUT2D eigenvalue weighted by molar-refractivity contribution is -0.143. The number of hydrogen-bond acceptors (Lipinski definition) is 4. The van der Waals surface area contributed by atoms with Crippen LogP contribution in [0.4, 0.5) is 0 Å². The smallest absolute Gasteiger partial charge is 0.345 e. The second-order valence-electron chi connectivity index (χ2n) is 2.80. The molecular weight excluding hydrogens is 186 g/mol. The van der Waals surface area contributed by atoms with E-state index in [4.69, 9.17) is 4.74 Å². The van der Waals surface area contributed by atoms with Crippen molar-refractivity contribution in [2.75, 3.05) is 6.61 Å². The number of carbonyl (C=O) groups excluding carboxylic acids is 1. The fourth-order valence-corrected chi connectivity index (χ4v) is 1.00. The number of carbonyl (C=O) groups is 1. The van der Waals surface area contributed by atoms with E-state index in [1.807, 2.05) is 0 Å². The minimum atomic E-state index is -0.315. The summed E-state index contributed by atoms with van der Waals surface area (Å²) in [4.78, 5) is 22.2. The molecule has 1 aromatic rings. The van der Waals surface area contributed by atoms with Crippen molar-refractivity contribution in [3.05, 3.63) is 16.8 Å². The first kappa shape index (κ1) is 10.5. The quantitative estimate of drug-likeness (QED) is 0.615. The van der Waals surface area contributed by atoms with Gasteiger partial charge in [-0.25, -0.2) is 9.48 Å². The lowest BCUT2D eigenvalue weighted by Crippen LogP contribution is -2.24. The molecule has 0 aliphatic carbocycles. The summed E-state index contributed by atoms with van der Waals surface area (Å²) in [5.74, 6) is -0.315. The monoisotopic (exact) mass is 199 g/mol. The largest absolute Gasteiger partial charge is 0.466 e. The van der Waals surface area contributed by atoms with Gasteiger partial charge in [0.25, 0.3) is 0 Å². The van der Waals surface area contributed by atoms with Crippen LogP contribution in [-0.2, 0) is 23.1 Å². The molecule has 1 aromatic heterocycles. The van der Waals surface area contributed by atoms with Crippen molar-refractivity contribution < 1.29 is 9.53 Å². The number of esters is 1. The minimum Gasteiger partial charge on any atom is -0.466 e. The van der Waals surface area contributed by atoms with Crippen molar-refractivity contribution in [2.24, 2.45) is 7.05 Å². The van der Waals surface area contributed by atoms with E-state index in [1.165, 1.54) is 15.6 Å². The van der Waals surface area contributed by atoms with E-state index >= 15 is 0 Å². The van der Waals surface area contributed by atoms with Crippen LogP contribution in [0.2, 0.25) is 0 Å². The average Bonchev–Trinajstić information content (AvgIpc) is 2.46. The first-order chi connectivity index (χ1) is 6.65. The summed E-state index contributed by atoms with van der Waals surface area (Å²) < 4.78 is 7.31. The highest BCUT2D eigenvalue weighted by molar-refractivity contribution is 5.69. The fourth-order valence-electron chi connectivity index (χ4n) is 1.00. The molecule has 0 radical (unpaired) electrons. The molecule has 0 aliphatic rings. The molecule has 0 N–H and O–H groups in total. The van der Waals surface area contributed by atoms with Crippen molar-refractivity contribution in [1.82, 2.24) is 14.3 Å². The maximum atomic E-state index is 11.3. The Bertz CT molecular complexity index is 366. The molecular formula is C8H13N3O3. The van der Waals surface area contributed by atoms with E-state index in [1.54, 1.807) is 14.0 Å². The van der Waals surface area contributed by atoms with Gasteiger partial charge in [-0.15, -0.1) is 0 Å². The number of aromatic nitrogens is 3. The fraction of sp³-hybridized carbons (Fsp3) is 0.625. The first-order valence-electron chi connectivity index (χ1n) is 4.39. The molecule has 0 aliphatic heterocycles. The third kappa shape index (κ3) is 2.45. The van der Waals surface area contributed by atoms with Crippen LogP contribution >= 0.6 is 0 Å². The van der Waals surface area contributed by atoms with Crippen molar-refractivity contribution in [3.63, 3.8) is 0 Å². The molecule has 14 heavy (non-hydrogen) atoms. The molecule has 0 amide bonds. The van der Waals surface area contributed by atoms with Crippen LogP contribution in [0, 0.1) is 0 Å². The number of rotatable bonds is 4. The van der Waals surface area contributed by atoms with Crippen LogP contribution in [0.3, 0.4) is 0 Å². The molecule has 1 heterocycles. The summed E-state index contributed by atoms with van der Waals surface area (Å²) in [5, 5.41) is 3.81. The average molecular weight is 199 g/mol. The van der Waals surface area contributed by atoms with Gasteiger partial charge < -0.3 is 4.74 Å². The molecule has 0 saturated carbocycles. The molecule has 1 rings (SSSR count). The molecule has 0 atom stereocenters. The van der Waals surface area contributed by atoms with E-state index in [-0.39, 0.29) is 24.6 Å². The maximum absolute atomic E-state index is 11.3. The van der Waals surface area contributed by atoms with Gasteiger partial charge in [0.2, 0.25) is 0 Å². The minimum absolute atomic E-state index is 0.171. The Hall–Kier alpha value is -1.59. The lowest BCUT2D eigenvalue weighted by atomic mass is 10.4. The van der Waals surface area contributed by atoms with Crippen molar-refractivity contribution in [3.8, 4) is 0 Å². The summed E-state index contributed by atoms with van der Waals surface area (Å²) in [5.41, 5.74) is -0.228. The third-order valence-corrected chi connectivity index (χ3v) is 1.72. The Morgan fingerprint density at radius 2 is 2.36 bits per heavy atom. The zero-order valence-electron chi connectivity index (χ0n) is 8.27. The van der Waals surface area contributed by atoms with Gasteiger partial charge in [-0.1, -0.05) is 0 Å². The molecule has 0 aromatic carbocycles. The highest BCUT2D eigenvalue weighted by atomic mass is 16.5. The first-order valence-corrected chi connectivity index (χ1v) is 4.39. The van der Waals surface area contributed by atoms with Crippen LogP contribution in [0.15, 0.2) is 11.1 Å². The van der Waals surface area contributed by atoms with Gasteiger partial charge in [-0.2, -0.15) is 5.10 Å². The number of nitrogens with zero attached hydrogens (tertiary/aromatic N) is 3. The SMILES string of the molecule is CCOC(=O)CCn1ncn(C)c1=O. The molecule has 0 unspecified atom stereocenters. The second-order valence-corrected chi connectivity index (χ2v) is 2.80. The number of hydrogen-bond donors (Lipinski definition) is 0. The van der Waals surface area contributed by atoms with Crippen molar-refractivity contribution in [1.29, 1.82) is 0 Å². The van der Waals surface area contributed by atoms with Crippen LogP contribution in [0.1, 0.15) is 13.3 Å². The van der Waals surface area contributed by atoms with Crippen LogP contribution in [0.5, 0.6) is 0 Å². The van der Waals surface area contributed by atoms with E-state index in [2.05, 4.69) is 5.10 Å². The summed E-state index contributed by atoms with van der Waals surface area (Å²) in [6, 6.07) is 0. The molecule has 6 heteroatoms. The maximum Gasteiger partial charge on any atom is 0.345 e. The van der Waals surface area contributed by atoms with E-state index in [0.29, 0.717) is 6.61 Å². The zero-order valence-corrected chi connectivity index (χ0v) is 8.27. The summed E-state index contributed by atoms with van der Waals surface area (Å²) >= 11 is 0. The van der Waals surface area contributed by atoms with Crippen molar-refractivity contribution >= 4 is 5.97 Å². The van der Waals surface area contributed by atoms with Gasteiger partial charge in [0.05, 0.1) is 19.6 Å². The molecule has 78 valence electrons. The van der Waals surface area contributed by atoms with Gasteiger partial charge in [0.1, 0.15) is 6.33 Å². The van der Waals surface area contributed by atoms with Crippen LogP contribution < -0.4 is 5.69 Å². The van der Waals surface area contributed by atoms with Crippen molar-refractivity contribution in [2.45, 2.75) is 19.9 Å². The molecule has 6 nitrogen and oxygen atoms in total. The Morgan fingerprint density at radius 3 is 2.86 bits per heavy atom. The van der Waals surface area contributed by atoms with Gasteiger partial charge in [-0.3, -0.25) is 9.36 Å². The van der Waals surface area contributed by atoms with Gasteiger partial charge in [-0.05, 0) is 6.92 Å². The third-order valence-electron chi connectivity index (χ3n) is 1.72. The normalized spacial score (nSPS) is 10.1. The molecule has 0 saturated heterocycles. The molecule has 0 bridgehead atoms. The van der Waals surface area contributed by atoms with Gasteiger partial charge >= 0.3 is 11.7 Å². The Kier molecular flexibility index (Phi) is 3.44. The highest BCUT2D eigenvalue weighted by Gasteiger charge is 2.05. The summed E-state index contributed by atoms with van der Waals surface area (Å²) in [6.07, 6.45) is 1.58. The van der Waals surface area contributed by atoms with Gasteiger partial charge in [0.15, 0.2) is 0 Å². The van der Waals surface area contributed by atoms with Crippen LogP contribution in [0.25, 0.3) is 0 Å². The van der Waals surface area contributed by atoms with E-state index < -0.39 is 0 Å².